The molecule has 8 heteroatoms. The van der Waals surface area contributed by atoms with Gasteiger partial charge in [-0.25, -0.2) is 4.79 Å². The lowest BCUT2D eigenvalue weighted by atomic mass is 9.84. The summed E-state index contributed by atoms with van der Waals surface area (Å²) >= 11 is 0. The number of pyridine rings is 1. The Morgan fingerprint density at radius 1 is 1.18 bits per heavy atom. The number of aromatic nitrogens is 1. The van der Waals surface area contributed by atoms with Gasteiger partial charge in [-0.3, -0.25) is 19.9 Å². The molecule has 0 unspecified atom stereocenters. The van der Waals surface area contributed by atoms with Crippen LogP contribution in [0.25, 0.3) is 10.9 Å². The fourth-order valence-corrected chi connectivity index (χ4v) is 5.07. The molecular formula is C26H26N4O4. The fourth-order valence-electron chi connectivity index (χ4n) is 5.07. The van der Waals surface area contributed by atoms with Crippen LogP contribution in [0.1, 0.15) is 36.9 Å². The quantitative estimate of drug-likeness (QED) is 0.487. The minimum Gasteiger partial charge on any atom is -0.489 e. The minimum absolute atomic E-state index is 0.167. The molecule has 3 N–H and O–H groups in total. The number of nitrogens with one attached hydrogen (secondary N) is 3. The van der Waals surface area contributed by atoms with Crippen molar-refractivity contribution >= 4 is 34.4 Å². The van der Waals surface area contributed by atoms with Gasteiger partial charge in [0.15, 0.2) is 0 Å². The van der Waals surface area contributed by atoms with Crippen LogP contribution in [-0.4, -0.2) is 28.4 Å². The zero-order valence-corrected chi connectivity index (χ0v) is 18.9. The molecule has 2 aliphatic rings. The van der Waals surface area contributed by atoms with E-state index in [-0.39, 0.29) is 24.2 Å². The Morgan fingerprint density at radius 3 is 2.74 bits per heavy atom. The van der Waals surface area contributed by atoms with Gasteiger partial charge in [0.1, 0.15) is 17.9 Å². The maximum atomic E-state index is 12.7. The van der Waals surface area contributed by atoms with E-state index in [2.05, 4.69) is 20.9 Å². The number of anilines is 1. The van der Waals surface area contributed by atoms with Crippen LogP contribution >= 0.6 is 0 Å². The van der Waals surface area contributed by atoms with E-state index in [4.69, 9.17) is 4.74 Å². The molecule has 1 saturated carbocycles. The van der Waals surface area contributed by atoms with Crippen molar-refractivity contribution in [1.82, 2.24) is 15.6 Å². The second-order valence-corrected chi connectivity index (χ2v) is 8.97. The number of fused-ring (bicyclic) bond motifs is 1. The van der Waals surface area contributed by atoms with Gasteiger partial charge in [0.05, 0.1) is 5.52 Å². The van der Waals surface area contributed by atoms with E-state index >= 15 is 0 Å². The SMILES string of the molecule is Cc1cc(COc2ccc(NC(=O)C[C@@H]3CCC[C@@]34NC(=O)NC4=O)cc2)c2ccccc2n1. The van der Waals surface area contributed by atoms with Crippen LogP contribution in [0.15, 0.2) is 54.6 Å². The molecule has 1 aliphatic carbocycles. The lowest BCUT2D eigenvalue weighted by molar-refractivity contribution is -0.126. The summed E-state index contributed by atoms with van der Waals surface area (Å²) in [6, 6.07) is 16.7. The predicted octanol–water partition coefficient (Wildman–Crippen LogP) is 3.83. The Kier molecular flexibility index (Phi) is 5.65. The van der Waals surface area contributed by atoms with Gasteiger partial charge < -0.3 is 15.4 Å². The highest BCUT2D eigenvalue weighted by Gasteiger charge is 2.54. The maximum Gasteiger partial charge on any atom is 0.322 e. The van der Waals surface area contributed by atoms with Crippen LogP contribution in [-0.2, 0) is 16.2 Å². The van der Waals surface area contributed by atoms with Crippen molar-refractivity contribution in [3.63, 3.8) is 0 Å². The number of nitrogens with zero attached hydrogens (tertiary/aromatic N) is 1. The molecule has 3 aromatic rings. The van der Waals surface area contributed by atoms with Crippen LogP contribution in [0.3, 0.4) is 0 Å². The Balaban J connectivity index is 1.19. The lowest BCUT2D eigenvalue weighted by Crippen LogP contribution is -2.50. The number of imide groups is 1. The van der Waals surface area contributed by atoms with Crippen molar-refractivity contribution in [1.29, 1.82) is 0 Å². The summed E-state index contributed by atoms with van der Waals surface area (Å²) in [6.07, 6.45) is 2.24. The second kappa shape index (κ2) is 8.78. The molecule has 2 atom stereocenters. The standard InChI is InChI=1S/C26H26N4O4/c1-16-13-17(21-6-2-3-7-22(21)27-16)15-34-20-10-8-19(9-11-20)28-23(31)14-18-5-4-12-26(18)24(32)29-25(33)30-26/h2-3,6-11,13,18H,4-5,12,14-15H2,1H3,(H,28,31)(H2,29,30,32,33)/t18-,26+/m0/s1. The average Bonchev–Trinajstić information content (AvgIpc) is 3.34. The molecular weight excluding hydrogens is 432 g/mol. The van der Waals surface area contributed by atoms with Crippen molar-refractivity contribution in [2.24, 2.45) is 5.92 Å². The number of rotatable bonds is 6. The number of amides is 4. The highest BCUT2D eigenvalue weighted by Crippen LogP contribution is 2.40. The molecule has 0 bridgehead atoms. The van der Waals surface area contributed by atoms with Gasteiger partial charge in [0, 0.05) is 28.8 Å². The molecule has 8 nitrogen and oxygen atoms in total. The average molecular weight is 459 g/mol. The molecule has 174 valence electrons. The Labute approximate surface area is 197 Å². The van der Waals surface area contributed by atoms with E-state index in [1.807, 2.05) is 49.4 Å². The molecule has 1 aromatic heterocycles. The Bertz CT molecular complexity index is 1270. The number of hydrogen-bond acceptors (Lipinski definition) is 5. The minimum atomic E-state index is -0.957. The second-order valence-electron chi connectivity index (χ2n) is 8.97. The van der Waals surface area contributed by atoms with Gasteiger partial charge in [-0.15, -0.1) is 0 Å². The number of benzene rings is 2. The molecule has 5 rings (SSSR count). The van der Waals surface area contributed by atoms with E-state index in [9.17, 15) is 14.4 Å². The van der Waals surface area contributed by atoms with Crippen molar-refractivity contribution in [3.8, 4) is 5.75 Å². The number of carbonyl (C=O) groups excluding carboxylic acids is 3. The Morgan fingerprint density at radius 2 is 1.97 bits per heavy atom. The number of ether oxygens (including phenoxy) is 1. The molecule has 4 amide bonds. The predicted molar refractivity (Wildman–Crippen MR) is 127 cm³/mol. The third-order valence-corrected chi connectivity index (χ3v) is 6.68. The van der Waals surface area contributed by atoms with E-state index < -0.39 is 11.6 Å². The largest absolute Gasteiger partial charge is 0.489 e. The van der Waals surface area contributed by atoms with Gasteiger partial charge in [0.2, 0.25) is 5.91 Å². The molecule has 2 aromatic carbocycles. The third kappa shape index (κ3) is 4.19. The highest BCUT2D eigenvalue weighted by atomic mass is 16.5. The van der Waals surface area contributed by atoms with Gasteiger partial charge in [-0.1, -0.05) is 24.6 Å². The van der Waals surface area contributed by atoms with E-state index in [0.717, 1.165) is 35.0 Å². The molecule has 1 spiro atoms. The van der Waals surface area contributed by atoms with Crippen molar-refractivity contribution in [2.45, 2.75) is 44.8 Å². The van der Waals surface area contributed by atoms with E-state index in [0.29, 0.717) is 24.5 Å². The lowest BCUT2D eigenvalue weighted by Gasteiger charge is -2.27. The normalized spacial score (nSPS) is 21.5. The number of carbonyl (C=O) groups is 3. The number of hydrogen-bond donors (Lipinski definition) is 3. The summed E-state index contributed by atoms with van der Waals surface area (Å²) in [5, 5.41) is 9.01. The third-order valence-electron chi connectivity index (χ3n) is 6.68. The van der Waals surface area contributed by atoms with E-state index in [1.54, 1.807) is 12.1 Å². The molecule has 1 aliphatic heterocycles. The first-order valence-corrected chi connectivity index (χ1v) is 11.4. The van der Waals surface area contributed by atoms with Gasteiger partial charge in [-0.05, 0) is 62.1 Å². The molecule has 1 saturated heterocycles. The topological polar surface area (TPSA) is 109 Å². The summed E-state index contributed by atoms with van der Waals surface area (Å²) < 4.78 is 5.98. The summed E-state index contributed by atoms with van der Waals surface area (Å²) in [5.41, 5.74) is 2.64. The van der Waals surface area contributed by atoms with Crippen LogP contribution < -0.4 is 20.7 Å². The van der Waals surface area contributed by atoms with Crippen LogP contribution in [0.4, 0.5) is 10.5 Å². The monoisotopic (exact) mass is 458 g/mol. The fraction of sp³-hybridized carbons (Fsp3) is 0.308. The van der Waals surface area contributed by atoms with E-state index in [1.165, 1.54) is 0 Å². The summed E-state index contributed by atoms with van der Waals surface area (Å²) in [6.45, 7) is 2.38. The molecule has 2 fully saturated rings. The van der Waals surface area contributed by atoms with Gasteiger partial charge >= 0.3 is 6.03 Å². The first-order valence-electron chi connectivity index (χ1n) is 11.4. The first-order chi connectivity index (χ1) is 16.4. The summed E-state index contributed by atoms with van der Waals surface area (Å²) in [7, 11) is 0. The van der Waals surface area contributed by atoms with Gasteiger partial charge in [0.25, 0.3) is 5.91 Å². The van der Waals surface area contributed by atoms with Gasteiger partial charge in [-0.2, -0.15) is 0 Å². The van der Waals surface area contributed by atoms with Crippen LogP contribution in [0.2, 0.25) is 0 Å². The van der Waals surface area contributed by atoms with Crippen molar-refractivity contribution in [3.05, 3.63) is 65.9 Å². The zero-order chi connectivity index (χ0) is 23.7. The van der Waals surface area contributed by atoms with Crippen molar-refractivity contribution < 1.29 is 19.1 Å². The summed E-state index contributed by atoms with van der Waals surface area (Å²) in [4.78, 5) is 41.2. The maximum absolute atomic E-state index is 12.7. The van der Waals surface area contributed by atoms with Crippen molar-refractivity contribution in [2.75, 3.05) is 5.32 Å². The number of aryl methyl sites for hydroxylation is 1. The zero-order valence-electron chi connectivity index (χ0n) is 18.9. The molecule has 2 heterocycles. The van der Waals surface area contributed by atoms with Crippen LogP contribution in [0, 0.1) is 12.8 Å². The number of para-hydroxylation sites is 1. The summed E-state index contributed by atoms with van der Waals surface area (Å²) in [5.74, 6) is -0.0454. The molecule has 34 heavy (non-hydrogen) atoms. The first kappa shape index (κ1) is 21.9. The number of urea groups is 1. The Hall–Kier alpha value is -3.94. The highest BCUT2D eigenvalue weighted by molar-refractivity contribution is 6.07. The molecule has 0 radical (unpaired) electrons. The smallest absolute Gasteiger partial charge is 0.322 e. The van der Waals surface area contributed by atoms with Crippen LogP contribution in [0.5, 0.6) is 5.75 Å².